The number of aryl methyl sites for hydroxylation is 2. The standard InChI is InChI=1S/C24H22N4O2/c1-16-7-6-10-19(13-16)23-27-22(30-28-23)15-25-21-14-20(12-11-17(21)2)26-24(29)18-8-4-3-5-9-18/h3-14,25H,15H2,1-2H3,(H,26,29). The van der Waals surface area contributed by atoms with Gasteiger partial charge < -0.3 is 15.2 Å². The number of hydrogen-bond acceptors (Lipinski definition) is 5. The van der Waals surface area contributed by atoms with Crippen molar-refractivity contribution in [2.45, 2.75) is 20.4 Å². The van der Waals surface area contributed by atoms with Crippen molar-refractivity contribution in [3.63, 3.8) is 0 Å². The van der Waals surface area contributed by atoms with Crippen molar-refractivity contribution in [1.29, 1.82) is 0 Å². The van der Waals surface area contributed by atoms with E-state index in [0.717, 1.165) is 22.4 Å². The van der Waals surface area contributed by atoms with E-state index in [2.05, 4.69) is 20.8 Å². The minimum absolute atomic E-state index is 0.148. The van der Waals surface area contributed by atoms with Crippen LogP contribution in [0.4, 0.5) is 11.4 Å². The van der Waals surface area contributed by atoms with E-state index < -0.39 is 0 Å². The Labute approximate surface area is 175 Å². The number of nitrogens with one attached hydrogen (secondary N) is 2. The minimum atomic E-state index is -0.148. The van der Waals surface area contributed by atoms with Crippen LogP contribution in [0.3, 0.4) is 0 Å². The Morgan fingerprint density at radius 3 is 2.60 bits per heavy atom. The first-order valence-corrected chi connectivity index (χ1v) is 9.69. The summed E-state index contributed by atoms with van der Waals surface area (Å²) < 4.78 is 5.38. The van der Waals surface area contributed by atoms with Crippen LogP contribution in [0, 0.1) is 13.8 Å². The molecule has 0 spiro atoms. The predicted octanol–water partition coefficient (Wildman–Crippen LogP) is 5.22. The van der Waals surface area contributed by atoms with Gasteiger partial charge in [-0.25, -0.2) is 0 Å². The number of amides is 1. The summed E-state index contributed by atoms with van der Waals surface area (Å²) >= 11 is 0. The fourth-order valence-electron chi connectivity index (χ4n) is 3.08. The van der Waals surface area contributed by atoms with Gasteiger partial charge in [0.25, 0.3) is 5.91 Å². The molecule has 1 amide bonds. The highest BCUT2D eigenvalue weighted by Gasteiger charge is 2.10. The highest BCUT2D eigenvalue weighted by molar-refractivity contribution is 6.04. The molecule has 0 unspecified atom stereocenters. The molecule has 30 heavy (non-hydrogen) atoms. The monoisotopic (exact) mass is 398 g/mol. The molecule has 2 N–H and O–H groups in total. The van der Waals surface area contributed by atoms with Gasteiger partial charge in [0, 0.05) is 22.5 Å². The molecule has 0 saturated carbocycles. The van der Waals surface area contributed by atoms with Crippen LogP contribution in [-0.2, 0) is 6.54 Å². The normalized spacial score (nSPS) is 10.6. The van der Waals surface area contributed by atoms with Crippen LogP contribution < -0.4 is 10.6 Å². The minimum Gasteiger partial charge on any atom is -0.376 e. The summed E-state index contributed by atoms with van der Waals surface area (Å²) in [5.41, 5.74) is 5.32. The van der Waals surface area contributed by atoms with Gasteiger partial charge >= 0.3 is 0 Å². The van der Waals surface area contributed by atoms with Crippen molar-refractivity contribution in [2.24, 2.45) is 0 Å². The summed E-state index contributed by atoms with van der Waals surface area (Å²) in [4.78, 5) is 16.9. The summed E-state index contributed by atoms with van der Waals surface area (Å²) in [5, 5.41) is 10.3. The first-order valence-electron chi connectivity index (χ1n) is 9.69. The van der Waals surface area contributed by atoms with Crippen molar-refractivity contribution >= 4 is 17.3 Å². The summed E-state index contributed by atoms with van der Waals surface area (Å²) in [6, 6.07) is 22.8. The zero-order valence-electron chi connectivity index (χ0n) is 16.8. The number of hydrogen-bond donors (Lipinski definition) is 2. The van der Waals surface area contributed by atoms with Crippen LogP contribution in [-0.4, -0.2) is 16.0 Å². The van der Waals surface area contributed by atoms with Crippen molar-refractivity contribution < 1.29 is 9.32 Å². The van der Waals surface area contributed by atoms with Gasteiger partial charge in [-0.15, -0.1) is 0 Å². The largest absolute Gasteiger partial charge is 0.376 e. The number of carbonyl (C=O) groups excluding carboxylic acids is 1. The highest BCUT2D eigenvalue weighted by atomic mass is 16.5. The lowest BCUT2D eigenvalue weighted by Gasteiger charge is -2.11. The molecule has 0 atom stereocenters. The molecule has 4 rings (SSSR count). The Hall–Kier alpha value is -3.93. The molecule has 0 radical (unpaired) electrons. The zero-order valence-corrected chi connectivity index (χ0v) is 16.8. The topological polar surface area (TPSA) is 80.0 Å². The molecule has 3 aromatic carbocycles. The SMILES string of the molecule is Cc1cccc(-c2noc(CNc3cc(NC(=O)c4ccccc4)ccc3C)n2)c1. The molecule has 150 valence electrons. The third-order valence-electron chi connectivity index (χ3n) is 4.71. The third-order valence-corrected chi connectivity index (χ3v) is 4.71. The maximum Gasteiger partial charge on any atom is 0.255 e. The van der Waals surface area contributed by atoms with Gasteiger partial charge in [0.15, 0.2) is 0 Å². The molecule has 0 fully saturated rings. The number of nitrogens with zero attached hydrogens (tertiary/aromatic N) is 2. The van der Waals surface area contributed by atoms with Crippen LogP contribution >= 0.6 is 0 Å². The first kappa shape index (κ1) is 19.4. The van der Waals surface area contributed by atoms with E-state index in [0.29, 0.717) is 29.5 Å². The Kier molecular flexibility index (Phi) is 5.57. The van der Waals surface area contributed by atoms with E-state index in [1.807, 2.05) is 74.5 Å². The number of carbonyl (C=O) groups is 1. The van der Waals surface area contributed by atoms with Gasteiger partial charge in [-0.3, -0.25) is 4.79 Å². The van der Waals surface area contributed by atoms with Crippen molar-refractivity contribution in [3.8, 4) is 11.4 Å². The van der Waals surface area contributed by atoms with Crippen LogP contribution in [0.5, 0.6) is 0 Å². The van der Waals surface area contributed by atoms with Gasteiger partial charge in [0.2, 0.25) is 11.7 Å². The molecule has 0 aliphatic rings. The number of anilines is 2. The first-order chi connectivity index (χ1) is 14.6. The Bertz CT molecular complexity index is 1170. The second-order valence-corrected chi connectivity index (χ2v) is 7.08. The summed E-state index contributed by atoms with van der Waals surface area (Å²) in [6.07, 6.45) is 0. The highest BCUT2D eigenvalue weighted by Crippen LogP contribution is 2.22. The predicted molar refractivity (Wildman–Crippen MR) is 117 cm³/mol. The Morgan fingerprint density at radius 2 is 1.80 bits per heavy atom. The van der Waals surface area contributed by atoms with Crippen LogP contribution in [0.2, 0.25) is 0 Å². The molecular formula is C24H22N4O2. The second-order valence-electron chi connectivity index (χ2n) is 7.08. The smallest absolute Gasteiger partial charge is 0.255 e. The molecule has 6 heteroatoms. The second kappa shape index (κ2) is 8.61. The summed E-state index contributed by atoms with van der Waals surface area (Å²) in [7, 11) is 0. The van der Waals surface area contributed by atoms with E-state index in [1.54, 1.807) is 12.1 Å². The lowest BCUT2D eigenvalue weighted by Crippen LogP contribution is -2.12. The maximum atomic E-state index is 12.4. The summed E-state index contributed by atoms with van der Waals surface area (Å²) in [5.74, 6) is 0.908. The molecule has 0 bridgehead atoms. The van der Waals surface area contributed by atoms with E-state index >= 15 is 0 Å². The number of aromatic nitrogens is 2. The molecule has 0 saturated heterocycles. The van der Waals surface area contributed by atoms with Crippen molar-refractivity contribution in [1.82, 2.24) is 10.1 Å². The number of rotatable bonds is 6. The molecule has 4 aromatic rings. The average molecular weight is 398 g/mol. The van der Waals surface area contributed by atoms with Gasteiger partial charge in [-0.2, -0.15) is 4.98 Å². The Balaban J connectivity index is 1.44. The van der Waals surface area contributed by atoms with E-state index in [-0.39, 0.29) is 5.91 Å². The van der Waals surface area contributed by atoms with Gasteiger partial charge in [0.05, 0.1) is 6.54 Å². The lowest BCUT2D eigenvalue weighted by atomic mass is 10.1. The fraction of sp³-hybridized carbons (Fsp3) is 0.125. The van der Waals surface area contributed by atoms with Gasteiger partial charge in [-0.05, 0) is 49.7 Å². The molecule has 1 aromatic heterocycles. The summed E-state index contributed by atoms with van der Waals surface area (Å²) in [6.45, 7) is 4.41. The fourth-order valence-corrected chi connectivity index (χ4v) is 3.08. The zero-order chi connectivity index (χ0) is 20.9. The molecule has 1 heterocycles. The maximum absolute atomic E-state index is 12.4. The number of benzene rings is 3. The quantitative estimate of drug-likeness (QED) is 0.466. The third kappa shape index (κ3) is 4.55. The van der Waals surface area contributed by atoms with Crippen molar-refractivity contribution in [2.75, 3.05) is 10.6 Å². The molecule has 0 aliphatic carbocycles. The van der Waals surface area contributed by atoms with E-state index in [9.17, 15) is 4.79 Å². The van der Waals surface area contributed by atoms with E-state index in [4.69, 9.17) is 4.52 Å². The molecule has 0 aliphatic heterocycles. The van der Waals surface area contributed by atoms with Crippen LogP contribution in [0.25, 0.3) is 11.4 Å². The van der Waals surface area contributed by atoms with Gasteiger partial charge in [-0.1, -0.05) is 53.2 Å². The molecule has 6 nitrogen and oxygen atoms in total. The van der Waals surface area contributed by atoms with Crippen LogP contribution in [0.15, 0.2) is 77.3 Å². The lowest BCUT2D eigenvalue weighted by molar-refractivity contribution is 0.102. The molecular weight excluding hydrogens is 376 g/mol. The van der Waals surface area contributed by atoms with E-state index in [1.165, 1.54) is 0 Å². The average Bonchev–Trinajstić information content (AvgIpc) is 3.24. The van der Waals surface area contributed by atoms with Crippen molar-refractivity contribution in [3.05, 3.63) is 95.4 Å². The van der Waals surface area contributed by atoms with Gasteiger partial charge in [0.1, 0.15) is 0 Å². The Morgan fingerprint density at radius 1 is 0.967 bits per heavy atom. The van der Waals surface area contributed by atoms with Crippen LogP contribution in [0.1, 0.15) is 27.4 Å².